The molecule has 0 saturated carbocycles. The zero-order chi connectivity index (χ0) is 9.40. The molecule has 0 amide bonds. The maximum Gasteiger partial charge on any atom is 0.329 e. The van der Waals surface area contributed by atoms with Crippen molar-refractivity contribution in [2.24, 2.45) is 0 Å². The topological polar surface area (TPSA) is 37.3 Å². The van der Waals surface area contributed by atoms with Crippen LogP contribution in [-0.4, -0.2) is 11.1 Å². The third-order valence-corrected chi connectivity index (χ3v) is 2.17. The van der Waals surface area contributed by atoms with Crippen LogP contribution in [0.5, 0.6) is 0 Å². The van der Waals surface area contributed by atoms with Crippen molar-refractivity contribution in [1.82, 2.24) is 0 Å². The fraction of sp³-hybridized carbons (Fsp3) is 0.667. The molecule has 0 unspecified atom stereocenters. The van der Waals surface area contributed by atoms with Crippen LogP contribution < -0.4 is 0 Å². The lowest BCUT2D eigenvalue weighted by Crippen LogP contribution is -1.88. The fourth-order valence-electron chi connectivity index (χ4n) is 0.927. The van der Waals surface area contributed by atoms with E-state index in [0.717, 1.165) is 17.3 Å². The minimum Gasteiger partial charge on any atom is -0.478 e. The zero-order valence-electron chi connectivity index (χ0n) is 7.35. The van der Waals surface area contributed by atoms with Gasteiger partial charge in [-0.05, 0) is 12.8 Å². The van der Waals surface area contributed by atoms with Crippen molar-refractivity contribution in [3.05, 3.63) is 10.6 Å². The van der Waals surface area contributed by atoms with Gasteiger partial charge < -0.3 is 5.11 Å². The first-order chi connectivity index (χ1) is 5.66. The average molecular weight is 235 g/mol. The van der Waals surface area contributed by atoms with Crippen LogP contribution in [0.15, 0.2) is 10.6 Å². The van der Waals surface area contributed by atoms with Gasteiger partial charge in [-0.25, -0.2) is 4.79 Å². The van der Waals surface area contributed by atoms with Gasteiger partial charge in [0.1, 0.15) is 0 Å². The highest BCUT2D eigenvalue weighted by Gasteiger charge is 1.95. The van der Waals surface area contributed by atoms with Crippen LogP contribution in [-0.2, 0) is 4.79 Å². The fourth-order valence-corrected chi connectivity index (χ4v) is 1.40. The number of unbranched alkanes of at least 4 members (excludes halogenated alkanes) is 3. The molecule has 0 rings (SSSR count). The maximum absolute atomic E-state index is 10.2. The van der Waals surface area contributed by atoms with Crippen LogP contribution in [0.3, 0.4) is 0 Å². The average Bonchev–Trinajstić information content (AvgIpc) is 1.97. The quantitative estimate of drug-likeness (QED) is 0.566. The summed E-state index contributed by atoms with van der Waals surface area (Å²) in [7, 11) is 0. The molecule has 3 heteroatoms. The number of hydrogen-bond donors (Lipinski definition) is 1. The van der Waals surface area contributed by atoms with Crippen molar-refractivity contribution in [3.63, 3.8) is 0 Å². The molecule has 1 N–H and O–H groups in total. The second-order valence-corrected chi connectivity index (χ2v) is 3.76. The Kier molecular flexibility index (Phi) is 7.16. The van der Waals surface area contributed by atoms with E-state index in [0.29, 0.717) is 0 Å². The molecule has 0 bridgehead atoms. The van der Waals surface area contributed by atoms with E-state index >= 15 is 0 Å². The van der Waals surface area contributed by atoms with Gasteiger partial charge in [0.2, 0.25) is 0 Å². The van der Waals surface area contributed by atoms with E-state index in [1.165, 1.54) is 25.3 Å². The molecule has 0 radical (unpaired) electrons. The molecule has 0 aliphatic carbocycles. The lowest BCUT2D eigenvalue weighted by molar-refractivity contribution is -0.131. The molecule has 0 fully saturated rings. The van der Waals surface area contributed by atoms with Crippen molar-refractivity contribution in [3.8, 4) is 0 Å². The molecule has 2 nitrogen and oxygen atoms in total. The molecular weight excluding hydrogens is 220 g/mol. The highest BCUT2D eigenvalue weighted by atomic mass is 79.9. The number of allylic oxidation sites excluding steroid dienone is 1. The minimum absolute atomic E-state index is 0.783. The molecule has 0 aliphatic rings. The molecule has 70 valence electrons. The molecule has 0 aliphatic heterocycles. The summed E-state index contributed by atoms with van der Waals surface area (Å²) < 4.78 is 0.783. The van der Waals surface area contributed by atoms with Crippen molar-refractivity contribution in [2.75, 3.05) is 0 Å². The Bertz CT molecular complexity index is 164. The van der Waals surface area contributed by atoms with E-state index in [2.05, 4.69) is 22.9 Å². The summed E-state index contributed by atoms with van der Waals surface area (Å²) in [5.41, 5.74) is 0. The second-order valence-electron chi connectivity index (χ2n) is 2.74. The van der Waals surface area contributed by atoms with Crippen LogP contribution in [0, 0.1) is 0 Å². The monoisotopic (exact) mass is 234 g/mol. The molecule has 0 atom stereocenters. The van der Waals surface area contributed by atoms with Crippen molar-refractivity contribution < 1.29 is 9.90 Å². The standard InChI is InChI=1S/C9H15BrO2/c1-2-3-4-5-6-8(10)7-9(11)12/h7H,2-6H2,1H3,(H,11,12)/b8-7-. The highest BCUT2D eigenvalue weighted by Crippen LogP contribution is 2.15. The first kappa shape index (κ1) is 11.7. The van der Waals surface area contributed by atoms with Gasteiger partial charge >= 0.3 is 5.97 Å². The molecule has 0 aromatic heterocycles. The smallest absolute Gasteiger partial charge is 0.329 e. The number of hydrogen-bond acceptors (Lipinski definition) is 1. The number of halogens is 1. The maximum atomic E-state index is 10.2. The van der Waals surface area contributed by atoms with Crippen LogP contribution in [0.4, 0.5) is 0 Å². The predicted octanol–water partition coefficient (Wildman–Crippen LogP) is 3.32. The molecule has 12 heavy (non-hydrogen) atoms. The Morgan fingerprint density at radius 3 is 2.58 bits per heavy atom. The lowest BCUT2D eigenvalue weighted by Gasteiger charge is -1.97. The summed E-state index contributed by atoms with van der Waals surface area (Å²) >= 11 is 3.21. The highest BCUT2D eigenvalue weighted by molar-refractivity contribution is 9.11. The van der Waals surface area contributed by atoms with Crippen molar-refractivity contribution >= 4 is 21.9 Å². The van der Waals surface area contributed by atoms with E-state index < -0.39 is 5.97 Å². The first-order valence-corrected chi connectivity index (χ1v) is 5.05. The largest absolute Gasteiger partial charge is 0.478 e. The summed E-state index contributed by atoms with van der Waals surface area (Å²) in [5.74, 6) is -0.877. The Hall–Kier alpha value is -0.310. The van der Waals surface area contributed by atoms with Gasteiger partial charge in [-0.15, -0.1) is 0 Å². The summed E-state index contributed by atoms with van der Waals surface area (Å²) in [6, 6.07) is 0. The van der Waals surface area contributed by atoms with E-state index in [1.54, 1.807) is 0 Å². The third-order valence-electron chi connectivity index (χ3n) is 1.55. The lowest BCUT2D eigenvalue weighted by atomic mass is 10.1. The van der Waals surface area contributed by atoms with Crippen molar-refractivity contribution in [2.45, 2.75) is 39.0 Å². The minimum atomic E-state index is -0.877. The van der Waals surface area contributed by atoms with Gasteiger partial charge in [-0.1, -0.05) is 42.1 Å². The summed E-state index contributed by atoms with van der Waals surface area (Å²) in [6.07, 6.45) is 6.74. The van der Waals surface area contributed by atoms with Crippen LogP contribution in [0.1, 0.15) is 39.0 Å². The van der Waals surface area contributed by atoms with Crippen molar-refractivity contribution in [1.29, 1.82) is 0 Å². The summed E-state index contributed by atoms with van der Waals surface area (Å²) in [6.45, 7) is 2.15. The molecule has 0 spiro atoms. The Labute approximate surface area is 81.8 Å². The number of carboxylic acids is 1. The number of carbonyl (C=O) groups is 1. The van der Waals surface area contributed by atoms with Gasteiger partial charge in [0.05, 0.1) is 0 Å². The Balaban J connectivity index is 3.43. The third kappa shape index (κ3) is 7.79. The van der Waals surface area contributed by atoms with Gasteiger partial charge in [-0.3, -0.25) is 0 Å². The molecule has 0 saturated heterocycles. The predicted molar refractivity (Wildman–Crippen MR) is 53.4 cm³/mol. The van der Waals surface area contributed by atoms with E-state index in [4.69, 9.17) is 5.11 Å². The number of rotatable bonds is 6. The van der Waals surface area contributed by atoms with E-state index in [1.807, 2.05) is 0 Å². The van der Waals surface area contributed by atoms with Crippen LogP contribution in [0.2, 0.25) is 0 Å². The van der Waals surface area contributed by atoms with Crippen LogP contribution in [0.25, 0.3) is 0 Å². The van der Waals surface area contributed by atoms with Crippen LogP contribution >= 0.6 is 15.9 Å². The van der Waals surface area contributed by atoms with Gasteiger partial charge in [-0.2, -0.15) is 0 Å². The molecular formula is C9H15BrO2. The van der Waals surface area contributed by atoms with Gasteiger partial charge in [0.15, 0.2) is 0 Å². The Morgan fingerprint density at radius 2 is 2.08 bits per heavy atom. The molecule has 0 aromatic rings. The Morgan fingerprint density at radius 1 is 1.42 bits per heavy atom. The zero-order valence-corrected chi connectivity index (χ0v) is 8.93. The number of aliphatic carboxylic acids is 1. The second kappa shape index (κ2) is 7.35. The van der Waals surface area contributed by atoms with Gasteiger partial charge in [0, 0.05) is 10.6 Å². The van der Waals surface area contributed by atoms with E-state index in [9.17, 15) is 4.79 Å². The number of carboxylic acid groups (broad SMARTS) is 1. The summed E-state index contributed by atoms with van der Waals surface area (Å²) in [5, 5.41) is 8.38. The molecule has 0 heterocycles. The normalized spacial score (nSPS) is 11.7. The summed E-state index contributed by atoms with van der Waals surface area (Å²) in [4.78, 5) is 10.2. The van der Waals surface area contributed by atoms with Gasteiger partial charge in [0.25, 0.3) is 0 Å². The SMILES string of the molecule is CCCCCC/C(Br)=C/C(=O)O. The van der Waals surface area contributed by atoms with E-state index in [-0.39, 0.29) is 0 Å². The first-order valence-electron chi connectivity index (χ1n) is 4.25. The molecule has 0 aromatic carbocycles.